The number of rotatable bonds is 5. The van der Waals surface area contributed by atoms with Crippen LogP contribution in [0.1, 0.15) is 41.5 Å². The molecule has 0 unspecified atom stereocenters. The summed E-state index contributed by atoms with van der Waals surface area (Å²) in [6.07, 6.45) is -0.709. The zero-order valence-electron chi connectivity index (χ0n) is 11.9. The van der Waals surface area contributed by atoms with Gasteiger partial charge in [-0.2, -0.15) is 11.8 Å². The minimum atomic E-state index is -1.06. The van der Waals surface area contributed by atoms with Gasteiger partial charge >= 0.3 is 12.1 Å². The average molecular weight is 277 g/mol. The highest BCUT2D eigenvalue weighted by Gasteiger charge is 2.37. The molecule has 0 aliphatic heterocycles. The van der Waals surface area contributed by atoms with Crippen molar-refractivity contribution in [2.45, 2.75) is 57.9 Å². The molecular weight excluding hydrogens is 254 g/mol. The predicted molar refractivity (Wildman–Crippen MR) is 73.0 cm³/mol. The van der Waals surface area contributed by atoms with E-state index in [4.69, 9.17) is 4.74 Å². The molecule has 1 atom stereocenters. The Balaban J connectivity index is 4.75. The lowest BCUT2D eigenvalue weighted by Gasteiger charge is -2.31. The lowest BCUT2D eigenvalue weighted by molar-refractivity contribution is -0.140. The third-order valence-electron chi connectivity index (χ3n) is 2.12. The smallest absolute Gasteiger partial charge is 0.408 e. The van der Waals surface area contributed by atoms with E-state index in [1.54, 1.807) is 34.6 Å². The van der Waals surface area contributed by atoms with E-state index in [-0.39, 0.29) is 0 Å². The van der Waals surface area contributed by atoms with Crippen LogP contribution >= 0.6 is 11.8 Å². The number of hydrogen-bond donors (Lipinski definition) is 2. The monoisotopic (exact) mass is 277 g/mol. The number of carbonyl (C=O) groups excluding carboxylic acids is 1. The van der Waals surface area contributed by atoms with E-state index in [0.29, 0.717) is 0 Å². The molecule has 0 aliphatic carbocycles. The summed E-state index contributed by atoms with van der Waals surface area (Å²) in [5.41, 5.74) is -0.644. The maximum absolute atomic E-state index is 11.6. The van der Waals surface area contributed by atoms with Crippen molar-refractivity contribution in [3.8, 4) is 0 Å². The van der Waals surface area contributed by atoms with E-state index < -0.39 is 28.5 Å². The van der Waals surface area contributed by atoms with E-state index in [0.717, 1.165) is 5.75 Å². The molecule has 0 saturated heterocycles. The third kappa shape index (κ3) is 6.14. The molecule has 0 aromatic heterocycles. The number of thioether (sulfide) groups is 1. The zero-order chi connectivity index (χ0) is 14.6. The van der Waals surface area contributed by atoms with Crippen LogP contribution < -0.4 is 5.32 Å². The molecule has 106 valence electrons. The Morgan fingerprint density at radius 2 is 1.78 bits per heavy atom. The van der Waals surface area contributed by atoms with Crippen LogP contribution in [-0.2, 0) is 9.53 Å². The summed E-state index contributed by atoms with van der Waals surface area (Å²) >= 11 is 1.48. The van der Waals surface area contributed by atoms with Crippen LogP contribution in [0.25, 0.3) is 0 Å². The molecule has 0 saturated carbocycles. The van der Waals surface area contributed by atoms with Gasteiger partial charge in [0.05, 0.1) is 0 Å². The van der Waals surface area contributed by atoms with E-state index in [9.17, 15) is 14.7 Å². The highest BCUT2D eigenvalue weighted by Crippen LogP contribution is 2.28. The molecule has 0 rings (SSSR count). The SMILES string of the molecule is CCSC(C)(C)[C@H](NC(=O)OC(C)(C)C)C(=O)O. The molecule has 0 aromatic carbocycles. The van der Waals surface area contributed by atoms with Crippen molar-refractivity contribution in [2.75, 3.05) is 5.75 Å². The average Bonchev–Trinajstić information content (AvgIpc) is 2.10. The van der Waals surface area contributed by atoms with Gasteiger partial charge in [0.25, 0.3) is 0 Å². The molecule has 0 heterocycles. The second-order valence-corrected chi connectivity index (χ2v) is 7.37. The van der Waals surface area contributed by atoms with Gasteiger partial charge in [0.2, 0.25) is 0 Å². The number of aliphatic carboxylic acids is 1. The quantitative estimate of drug-likeness (QED) is 0.807. The van der Waals surface area contributed by atoms with E-state index >= 15 is 0 Å². The lowest BCUT2D eigenvalue weighted by Crippen LogP contribution is -2.53. The fraction of sp³-hybridized carbons (Fsp3) is 0.833. The topological polar surface area (TPSA) is 75.6 Å². The number of carboxylic acid groups (broad SMARTS) is 1. The Kier molecular flexibility index (Phi) is 5.99. The second kappa shape index (κ2) is 6.31. The predicted octanol–water partition coefficient (Wildman–Crippen LogP) is 2.50. The van der Waals surface area contributed by atoms with Crippen molar-refractivity contribution in [3.05, 3.63) is 0 Å². The van der Waals surface area contributed by atoms with Crippen molar-refractivity contribution >= 4 is 23.8 Å². The van der Waals surface area contributed by atoms with Crippen molar-refractivity contribution in [1.82, 2.24) is 5.32 Å². The van der Waals surface area contributed by atoms with Gasteiger partial charge in [0, 0.05) is 4.75 Å². The molecule has 0 bridgehead atoms. The van der Waals surface area contributed by atoms with Gasteiger partial charge in [-0.05, 0) is 40.4 Å². The van der Waals surface area contributed by atoms with E-state index in [1.807, 2.05) is 6.92 Å². The summed E-state index contributed by atoms with van der Waals surface area (Å²) in [7, 11) is 0. The number of nitrogens with one attached hydrogen (secondary N) is 1. The van der Waals surface area contributed by atoms with Crippen LogP contribution in [0.3, 0.4) is 0 Å². The van der Waals surface area contributed by atoms with Crippen LogP contribution in [0.2, 0.25) is 0 Å². The third-order valence-corrected chi connectivity index (χ3v) is 3.39. The molecule has 0 spiro atoms. The Morgan fingerprint density at radius 1 is 1.28 bits per heavy atom. The number of carboxylic acids is 1. The Hall–Kier alpha value is -0.910. The van der Waals surface area contributed by atoms with Gasteiger partial charge in [0.1, 0.15) is 11.6 Å². The fourth-order valence-electron chi connectivity index (χ4n) is 1.41. The number of hydrogen-bond acceptors (Lipinski definition) is 4. The van der Waals surface area contributed by atoms with Gasteiger partial charge in [0.15, 0.2) is 0 Å². The minimum absolute atomic E-state index is 0.600. The van der Waals surface area contributed by atoms with Gasteiger partial charge < -0.3 is 15.2 Å². The first-order chi connectivity index (χ1) is 7.99. The van der Waals surface area contributed by atoms with Crippen LogP contribution in [-0.4, -0.2) is 39.3 Å². The Labute approximate surface area is 113 Å². The minimum Gasteiger partial charge on any atom is -0.480 e. The Morgan fingerprint density at radius 3 is 2.11 bits per heavy atom. The summed E-state index contributed by atoms with van der Waals surface area (Å²) < 4.78 is 4.47. The molecule has 0 fully saturated rings. The highest BCUT2D eigenvalue weighted by atomic mass is 32.2. The molecule has 6 heteroatoms. The van der Waals surface area contributed by atoms with Crippen LogP contribution in [0.5, 0.6) is 0 Å². The molecule has 0 radical (unpaired) electrons. The van der Waals surface area contributed by atoms with Crippen LogP contribution in [0.4, 0.5) is 4.79 Å². The van der Waals surface area contributed by atoms with Crippen molar-refractivity contribution in [1.29, 1.82) is 0 Å². The van der Waals surface area contributed by atoms with E-state index in [2.05, 4.69) is 5.32 Å². The van der Waals surface area contributed by atoms with Crippen molar-refractivity contribution in [3.63, 3.8) is 0 Å². The number of amides is 1. The van der Waals surface area contributed by atoms with Gasteiger partial charge in [-0.1, -0.05) is 6.92 Å². The van der Waals surface area contributed by atoms with Crippen LogP contribution in [0.15, 0.2) is 0 Å². The number of carbonyl (C=O) groups is 2. The van der Waals surface area contributed by atoms with E-state index in [1.165, 1.54) is 11.8 Å². The molecule has 1 amide bonds. The molecule has 0 aromatic rings. The molecular formula is C12H23NO4S. The first kappa shape index (κ1) is 17.1. The molecule has 18 heavy (non-hydrogen) atoms. The fourth-order valence-corrected chi connectivity index (χ4v) is 2.48. The Bertz CT molecular complexity index is 310. The maximum Gasteiger partial charge on any atom is 0.408 e. The maximum atomic E-state index is 11.6. The first-order valence-corrected chi connectivity index (χ1v) is 6.84. The highest BCUT2D eigenvalue weighted by molar-refractivity contribution is 8.00. The lowest BCUT2D eigenvalue weighted by atomic mass is 10.0. The summed E-state index contributed by atoms with van der Waals surface area (Å²) in [6.45, 7) is 10.7. The van der Waals surface area contributed by atoms with Gasteiger partial charge in [-0.3, -0.25) is 0 Å². The van der Waals surface area contributed by atoms with Crippen molar-refractivity contribution < 1.29 is 19.4 Å². The molecule has 0 aliphatic rings. The van der Waals surface area contributed by atoms with Gasteiger partial charge in [-0.15, -0.1) is 0 Å². The van der Waals surface area contributed by atoms with Crippen molar-refractivity contribution in [2.24, 2.45) is 0 Å². The van der Waals surface area contributed by atoms with Crippen LogP contribution in [0, 0.1) is 0 Å². The largest absolute Gasteiger partial charge is 0.480 e. The second-order valence-electron chi connectivity index (χ2n) is 5.45. The summed E-state index contributed by atoms with van der Waals surface area (Å²) in [5, 5.41) is 11.6. The summed E-state index contributed by atoms with van der Waals surface area (Å²) in [6, 6.07) is -0.989. The zero-order valence-corrected chi connectivity index (χ0v) is 12.7. The first-order valence-electron chi connectivity index (χ1n) is 5.86. The normalized spacial score (nSPS) is 13.9. The summed E-state index contributed by atoms with van der Waals surface area (Å²) in [4.78, 5) is 22.9. The number of alkyl carbamates (subject to hydrolysis) is 1. The standard InChI is InChI=1S/C12H23NO4S/c1-7-18-12(5,6)8(9(14)15)13-10(16)17-11(2,3)4/h8H,7H2,1-6H3,(H,13,16)(H,14,15)/t8-/m1/s1. The number of ether oxygens (including phenoxy) is 1. The molecule has 2 N–H and O–H groups in total. The molecule has 5 nitrogen and oxygen atoms in total. The van der Waals surface area contributed by atoms with Gasteiger partial charge in [-0.25, -0.2) is 9.59 Å². The summed E-state index contributed by atoms with van der Waals surface area (Å²) in [5.74, 6) is -0.293.